The molecule has 3 aliphatic heterocycles. The molecular formula is C17H20N4. The van der Waals surface area contributed by atoms with Crippen molar-refractivity contribution in [3.63, 3.8) is 0 Å². The van der Waals surface area contributed by atoms with Gasteiger partial charge in [0.1, 0.15) is 5.82 Å². The summed E-state index contributed by atoms with van der Waals surface area (Å²) in [5.41, 5.74) is 1.06. The van der Waals surface area contributed by atoms with Crippen LogP contribution in [0.15, 0.2) is 42.6 Å². The van der Waals surface area contributed by atoms with Crippen molar-refractivity contribution in [1.82, 2.24) is 14.9 Å². The van der Waals surface area contributed by atoms with Gasteiger partial charge in [0.2, 0.25) is 0 Å². The predicted molar refractivity (Wildman–Crippen MR) is 84.0 cm³/mol. The summed E-state index contributed by atoms with van der Waals surface area (Å²) in [4.78, 5) is 11.6. The first-order valence-electron chi connectivity index (χ1n) is 7.76. The van der Waals surface area contributed by atoms with Gasteiger partial charge < -0.3 is 10.2 Å². The minimum absolute atomic E-state index is 0.533. The fourth-order valence-electron chi connectivity index (χ4n) is 3.48. The summed E-state index contributed by atoms with van der Waals surface area (Å²) in [5.74, 6) is 2.54. The lowest BCUT2D eigenvalue weighted by molar-refractivity contribution is 0.0974. The van der Waals surface area contributed by atoms with Gasteiger partial charge in [-0.3, -0.25) is 0 Å². The molecule has 108 valence electrons. The number of nitrogens with zero attached hydrogens (tertiary/aromatic N) is 3. The van der Waals surface area contributed by atoms with Gasteiger partial charge in [-0.1, -0.05) is 30.3 Å². The van der Waals surface area contributed by atoms with Crippen molar-refractivity contribution in [2.75, 3.05) is 25.0 Å². The molecule has 1 aromatic heterocycles. The summed E-state index contributed by atoms with van der Waals surface area (Å²) in [6.45, 7) is 3.68. The van der Waals surface area contributed by atoms with Crippen molar-refractivity contribution in [3.05, 3.63) is 42.6 Å². The number of aromatic nitrogens is 2. The number of nitrogens with one attached hydrogen (secondary N) is 1. The summed E-state index contributed by atoms with van der Waals surface area (Å²) in [6.07, 6.45) is 4.47. The fraction of sp³-hybridized carbons (Fsp3) is 0.412. The van der Waals surface area contributed by atoms with Crippen LogP contribution in [-0.2, 0) is 0 Å². The van der Waals surface area contributed by atoms with Gasteiger partial charge in [-0.05, 0) is 37.9 Å². The zero-order chi connectivity index (χ0) is 14.1. The average Bonchev–Trinajstić information content (AvgIpc) is 2.57. The molecule has 0 amide bonds. The Morgan fingerprint density at radius 3 is 2.57 bits per heavy atom. The van der Waals surface area contributed by atoms with Gasteiger partial charge in [-0.15, -0.1) is 0 Å². The molecule has 21 heavy (non-hydrogen) atoms. The molecule has 1 atom stereocenters. The highest BCUT2D eigenvalue weighted by molar-refractivity contribution is 5.56. The molecule has 0 spiro atoms. The first-order chi connectivity index (χ1) is 10.4. The number of hydrogen-bond donors (Lipinski definition) is 1. The Balaban J connectivity index is 1.53. The van der Waals surface area contributed by atoms with Crippen molar-refractivity contribution in [1.29, 1.82) is 0 Å². The van der Waals surface area contributed by atoms with Gasteiger partial charge in [0.25, 0.3) is 0 Å². The van der Waals surface area contributed by atoms with Crippen LogP contribution in [0.4, 0.5) is 5.82 Å². The Kier molecular flexibility index (Phi) is 3.31. The molecule has 2 aromatic rings. The Morgan fingerprint density at radius 1 is 1.05 bits per heavy atom. The van der Waals surface area contributed by atoms with E-state index in [4.69, 9.17) is 0 Å². The lowest BCUT2D eigenvalue weighted by atomic mass is 9.84. The molecule has 3 aliphatic rings. The second kappa shape index (κ2) is 5.45. The highest BCUT2D eigenvalue weighted by Crippen LogP contribution is 2.29. The maximum absolute atomic E-state index is 4.68. The van der Waals surface area contributed by atoms with E-state index in [2.05, 4.69) is 20.2 Å². The second-order valence-corrected chi connectivity index (χ2v) is 6.02. The first kappa shape index (κ1) is 12.8. The number of benzene rings is 1. The third kappa shape index (κ3) is 2.63. The van der Waals surface area contributed by atoms with E-state index in [0.29, 0.717) is 6.04 Å². The van der Waals surface area contributed by atoms with Gasteiger partial charge in [0, 0.05) is 24.3 Å². The summed E-state index contributed by atoms with van der Waals surface area (Å²) in [6, 6.07) is 12.7. The van der Waals surface area contributed by atoms with Crippen molar-refractivity contribution in [2.45, 2.75) is 18.9 Å². The van der Waals surface area contributed by atoms with Crippen molar-refractivity contribution in [3.8, 4) is 11.4 Å². The van der Waals surface area contributed by atoms with Crippen LogP contribution in [0, 0.1) is 5.92 Å². The van der Waals surface area contributed by atoms with Gasteiger partial charge in [-0.25, -0.2) is 9.97 Å². The maximum Gasteiger partial charge on any atom is 0.161 e. The fourth-order valence-corrected chi connectivity index (χ4v) is 3.48. The molecule has 0 radical (unpaired) electrons. The monoisotopic (exact) mass is 280 g/mol. The second-order valence-electron chi connectivity index (χ2n) is 6.02. The molecule has 3 saturated heterocycles. The summed E-state index contributed by atoms with van der Waals surface area (Å²) < 4.78 is 0. The molecule has 4 heteroatoms. The normalized spacial score (nSPS) is 27.5. The van der Waals surface area contributed by atoms with Crippen LogP contribution in [0.5, 0.6) is 0 Å². The summed E-state index contributed by atoms with van der Waals surface area (Å²) >= 11 is 0. The number of fused-ring (bicyclic) bond motifs is 3. The minimum atomic E-state index is 0.533. The van der Waals surface area contributed by atoms with E-state index in [0.717, 1.165) is 29.7 Å². The van der Waals surface area contributed by atoms with Crippen LogP contribution >= 0.6 is 0 Å². The molecule has 4 nitrogen and oxygen atoms in total. The van der Waals surface area contributed by atoms with Crippen LogP contribution in [-0.4, -0.2) is 40.5 Å². The van der Waals surface area contributed by atoms with Gasteiger partial charge >= 0.3 is 0 Å². The molecule has 3 fully saturated rings. The Morgan fingerprint density at radius 2 is 1.86 bits per heavy atom. The van der Waals surface area contributed by atoms with E-state index in [-0.39, 0.29) is 0 Å². The van der Waals surface area contributed by atoms with Gasteiger partial charge in [0.05, 0.1) is 0 Å². The lowest BCUT2D eigenvalue weighted by Gasteiger charge is -2.45. The number of hydrogen-bond acceptors (Lipinski definition) is 4. The zero-order valence-corrected chi connectivity index (χ0v) is 12.1. The summed E-state index contributed by atoms with van der Waals surface area (Å²) in [5, 5.41) is 3.63. The van der Waals surface area contributed by atoms with E-state index < -0.39 is 0 Å². The Hall–Kier alpha value is -1.94. The molecular weight excluding hydrogens is 260 g/mol. The third-order valence-corrected chi connectivity index (χ3v) is 4.68. The predicted octanol–water partition coefficient (Wildman–Crippen LogP) is 2.65. The topological polar surface area (TPSA) is 41.1 Å². The van der Waals surface area contributed by atoms with E-state index in [1.165, 1.54) is 25.9 Å². The van der Waals surface area contributed by atoms with Crippen LogP contribution in [0.3, 0.4) is 0 Å². The Bertz CT molecular complexity index is 605. The molecule has 4 heterocycles. The van der Waals surface area contributed by atoms with Crippen LogP contribution in [0.25, 0.3) is 11.4 Å². The van der Waals surface area contributed by atoms with Gasteiger partial charge in [0.15, 0.2) is 5.82 Å². The number of rotatable bonds is 3. The largest absolute Gasteiger partial charge is 0.366 e. The van der Waals surface area contributed by atoms with Crippen LogP contribution < -0.4 is 5.32 Å². The van der Waals surface area contributed by atoms with Crippen molar-refractivity contribution in [2.24, 2.45) is 5.92 Å². The number of piperidine rings is 3. The molecule has 1 unspecified atom stereocenters. The lowest BCUT2D eigenvalue weighted by Crippen LogP contribution is -2.53. The summed E-state index contributed by atoms with van der Waals surface area (Å²) in [7, 11) is 0. The molecule has 1 N–H and O–H groups in total. The zero-order valence-electron chi connectivity index (χ0n) is 12.1. The number of anilines is 1. The van der Waals surface area contributed by atoms with Crippen LogP contribution in [0.1, 0.15) is 12.8 Å². The highest BCUT2D eigenvalue weighted by Gasteiger charge is 2.34. The molecule has 2 bridgehead atoms. The van der Waals surface area contributed by atoms with E-state index >= 15 is 0 Å². The third-order valence-electron chi connectivity index (χ3n) is 4.68. The quantitative estimate of drug-likeness (QED) is 0.938. The molecule has 0 aliphatic carbocycles. The standard InChI is InChI=1S/C17H20N4/c1-2-4-14(5-3-1)17-18-9-6-16(20-17)19-15-12-21-10-7-13(15)8-11-21/h1-6,9,13,15H,7-8,10-12H2,(H,18,19,20). The molecule has 0 saturated carbocycles. The maximum atomic E-state index is 4.68. The van der Waals surface area contributed by atoms with E-state index in [9.17, 15) is 0 Å². The Labute approximate surface area is 125 Å². The van der Waals surface area contributed by atoms with Gasteiger partial charge in [-0.2, -0.15) is 0 Å². The first-order valence-corrected chi connectivity index (χ1v) is 7.76. The van der Waals surface area contributed by atoms with Crippen molar-refractivity contribution >= 4 is 5.82 Å². The highest BCUT2D eigenvalue weighted by atomic mass is 15.2. The average molecular weight is 280 g/mol. The SMILES string of the molecule is c1ccc(-c2nccc(NC3CN4CCC3CC4)n2)cc1. The van der Waals surface area contributed by atoms with Crippen molar-refractivity contribution < 1.29 is 0 Å². The van der Waals surface area contributed by atoms with E-state index in [1.807, 2.05) is 42.6 Å². The van der Waals surface area contributed by atoms with Crippen LogP contribution in [0.2, 0.25) is 0 Å². The molecule has 1 aromatic carbocycles. The smallest absolute Gasteiger partial charge is 0.161 e. The molecule has 5 rings (SSSR count). The minimum Gasteiger partial charge on any atom is -0.366 e. The van der Waals surface area contributed by atoms with E-state index in [1.54, 1.807) is 0 Å².